The first kappa shape index (κ1) is 9.28. The first-order valence-electron chi connectivity index (χ1n) is 4.32. The van der Waals surface area contributed by atoms with Gasteiger partial charge in [0, 0.05) is 10.3 Å². The number of hydrogen-bond acceptors (Lipinski definition) is 2. The molecule has 0 fully saturated rings. The molecule has 1 nitrogen and oxygen atoms in total. The van der Waals surface area contributed by atoms with Crippen LogP contribution in [0, 0.1) is 11.3 Å². The molecule has 0 radical (unpaired) electrons. The molecule has 0 aliphatic heterocycles. The molecule has 1 rings (SSSR count). The van der Waals surface area contributed by atoms with Crippen molar-refractivity contribution in [1.82, 2.24) is 0 Å². The Morgan fingerprint density at radius 3 is 2.75 bits per heavy atom. The van der Waals surface area contributed by atoms with Gasteiger partial charge in [0.2, 0.25) is 0 Å². The van der Waals surface area contributed by atoms with Crippen LogP contribution in [0.4, 0.5) is 0 Å². The van der Waals surface area contributed by atoms with E-state index in [1.165, 1.54) is 10.4 Å². The van der Waals surface area contributed by atoms with Crippen LogP contribution in [-0.2, 0) is 12.8 Å². The highest BCUT2D eigenvalue weighted by molar-refractivity contribution is 7.10. The summed E-state index contributed by atoms with van der Waals surface area (Å²) < 4.78 is 0. The summed E-state index contributed by atoms with van der Waals surface area (Å²) in [6.45, 7) is 4.30. The predicted octanol–water partition coefficient (Wildman–Crippen LogP) is 3.13. The molecular formula is C10H13NS. The lowest BCUT2D eigenvalue weighted by molar-refractivity contribution is 0.907. The largest absolute Gasteiger partial charge is 0.192 e. The highest BCUT2D eigenvalue weighted by atomic mass is 32.1. The second-order valence-electron chi connectivity index (χ2n) is 2.77. The highest BCUT2D eigenvalue weighted by Gasteiger charge is 2.08. The highest BCUT2D eigenvalue weighted by Crippen LogP contribution is 2.23. The average molecular weight is 179 g/mol. The predicted molar refractivity (Wildman–Crippen MR) is 52.4 cm³/mol. The lowest BCUT2D eigenvalue weighted by atomic mass is 10.1. The quantitative estimate of drug-likeness (QED) is 0.699. The molecule has 2 heteroatoms. The molecule has 64 valence electrons. The van der Waals surface area contributed by atoms with Gasteiger partial charge in [-0.3, -0.25) is 0 Å². The zero-order chi connectivity index (χ0) is 8.97. The molecule has 1 heterocycles. The van der Waals surface area contributed by atoms with Crippen LogP contribution in [0.3, 0.4) is 0 Å². The van der Waals surface area contributed by atoms with E-state index >= 15 is 0 Å². The van der Waals surface area contributed by atoms with Gasteiger partial charge in [-0.05, 0) is 18.4 Å². The zero-order valence-electron chi connectivity index (χ0n) is 7.55. The third-order valence-corrected chi connectivity index (χ3v) is 3.10. The fraction of sp³-hybridized carbons (Fsp3) is 0.500. The monoisotopic (exact) mass is 179 g/mol. The molecule has 0 aliphatic rings. The van der Waals surface area contributed by atoms with Crippen molar-refractivity contribution in [3.8, 4) is 6.07 Å². The Morgan fingerprint density at radius 2 is 2.25 bits per heavy atom. The first-order valence-corrected chi connectivity index (χ1v) is 5.20. The van der Waals surface area contributed by atoms with Crippen molar-refractivity contribution in [1.29, 1.82) is 5.26 Å². The molecule has 0 saturated carbocycles. The minimum Gasteiger partial charge on any atom is -0.192 e. The third-order valence-electron chi connectivity index (χ3n) is 1.92. The van der Waals surface area contributed by atoms with Gasteiger partial charge < -0.3 is 0 Å². The maximum atomic E-state index is 8.81. The van der Waals surface area contributed by atoms with Crippen molar-refractivity contribution >= 4 is 11.3 Å². The lowest BCUT2D eigenvalue weighted by Gasteiger charge is -1.98. The van der Waals surface area contributed by atoms with Crippen LogP contribution in [0.5, 0.6) is 0 Å². The molecule has 0 unspecified atom stereocenters. The summed E-state index contributed by atoms with van der Waals surface area (Å²) >= 11 is 1.72. The van der Waals surface area contributed by atoms with Crippen LogP contribution in [0.2, 0.25) is 0 Å². The number of nitrogens with zero attached hydrogens (tertiary/aromatic N) is 1. The van der Waals surface area contributed by atoms with Crippen LogP contribution in [0.25, 0.3) is 0 Å². The van der Waals surface area contributed by atoms with Crippen molar-refractivity contribution in [2.75, 3.05) is 0 Å². The van der Waals surface area contributed by atoms with E-state index in [-0.39, 0.29) is 0 Å². The maximum Gasteiger partial charge on any atom is 0.100 e. The van der Waals surface area contributed by atoms with Gasteiger partial charge in [0.25, 0.3) is 0 Å². The van der Waals surface area contributed by atoms with E-state index in [9.17, 15) is 0 Å². The normalized spacial score (nSPS) is 9.75. The molecule has 1 aromatic heterocycles. The fourth-order valence-electron chi connectivity index (χ4n) is 1.34. The fourth-order valence-corrected chi connectivity index (χ4v) is 2.31. The summed E-state index contributed by atoms with van der Waals surface area (Å²) in [5.74, 6) is 0. The Labute approximate surface area is 77.7 Å². The topological polar surface area (TPSA) is 23.8 Å². The Kier molecular flexibility index (Phi) is 3.31. The Bertz CT molecular complexity index is 293. The van der Waals surface area contributed by atoms with Crippen molar-refractivity contribution in [2.45, 2.75) is 33.1 Å². The molecule has 0 bridgehead atoms. The van der Waals surface area contributed by atoms with E-state index in [1.807, 2.05) is 5.38 Å². The number of rotatable bonds is 3. The molecule has 0 saturated heterocycles. The molecule has 0 aliphatic carbocycles. The summed E-state index contributed by atoms with van der Waals surface area (Å²) in [7, 11) is 0. The molecule has 12 heavy (non-hydrogen) atoms. The van der Waals surface area contributed by atoms with E-state index in [4.69, 9.17) is 5.26 Å². The maximum absolute atomic E-state index is 8.81. The summed E-state index contributed by atoms with van der Waals surface area (Å²) in [6, 6.07) is 2.25. The Balaban J connectivity index is 3.01. The van der Waals surface area contributed by atoms with E-state index in [0.717, 1.165) is 24.8 Å². The number of nitriles is 1. The van der Waals surface area contributed by atoms with Gasteiger partial charge in [-0.25, -0.2) is 0 Å². The van der Waals surface area contributed by atoms with Crippen LogP contribution in [0.1, 0.15) is 36.3 Å². The first-order chi connectivity index (χ1) is 5.83. The van der Waals surface area contributed by atoms with Gasteiger partial charge in [-0.2, -0.15) is 5.26 Å². The van der Waals surface area contributed by atoms with Gasteiger partial charge in [-0.15, -0.1) is 11.3 Å². The van der Waals surface area contributed by atoms with E-state index in [0.29, 0.717) is 0 Å². The van der Waals surface area contributed by atoms with Crippen molar-refractivity contribution in [2.24, 2.45) is 0 Å². The van der Waals surface area contributed by atoms with Crippen LogP contribution >= 0.6 is 11.3 Å². The molecular weight excluding hydrogens is 166 g/mol. The second-order valence-corrected chi connectivity index (χ2v) is 3.73. The standard InChI is InChI=1S/C10H13NS/c1-3-5-9-8(6-11)7-12-10(9)4-2/h7H,3-5H2,1-2H3. The summed E-state index contributed by atoms with van der Waals surface area (Å²) in [4.78, 5) is 1.38. The zero-order valence-corrected chi connectivity index (χ0v) is 8.37. The second kappa shape index (κ2) is 4.27. The molecule has 0 N–H and O–H groups in total. The van der Waals surface area contributed by atoms with Gasteiger partial charge in [0.05, 0.1) is 5.56 Å². The number of hydrogen-bond donors (Lipinski definition) is 0. The smallest absolute Gasteiger partial charge is 0.100 e. The Morgan fingerprint density at radius 1 is 1.50 bits per heavy atom. The van der Waals surface area contributed by atoms with E-state index < -0.39 is 0 Å². The molecule has 0 aromatic carbocycles. The summed E-state index contributed by atoms with van der Waals surface area (Å²) in [5, 5.41) is 10.8. The van der Waals surface area contributed by atoms with Gasteiger partial charge in [-0.1, -0.05) is 20.3 Å². The summed E-state index contributed by atoms with van der Waals surface area (Å²) in [5.41, 5.74) is 2.17. The van der Waals surface area contributed by atoms with Gasteiger partial charge >= 0.3 is 0 Å². The van der Waals surface area contributed by atoms with Crippen molar-refractivity contribution in [3.05, 3.63) is 21.4 Å². The van der Waals surface area contributed by atoms with Crippen LogP contribution in [0.15, 0.2) is 5.38 Å². The molecule has 0 atom stereocenters. The lowest BCUT2D eigenvalue weighted by Crippen LogP contribution is -1.88. The van der Waals surface area contributed by atoms with Crippen LogP contribution < -0.4 is 0 Å². The SMILES string of the molecule is CCCc1c(C#N)csc1CC. The average Bonchev–Trinajstić information content (AvgIpc) is 2.48. The number of aryl methyl sites for hydroxylation is 1. The Hall–Kier alpha value is -0.810. The summed E-state index contributed by atoms with van der Waals surface area (Å²) in [6.07, 6.45) is 3.23. The molecule has 0 amide bonds. The molecule has 1 aromatic rings. The van der Waals surface area contributed by atoms with E-state index in [1.54, 1.807) is 11.3 Å². The van der Waals surface area contributed by atoms with E-state index in [2.05, 4.69) is 19.9 Å². The van der Waals surface area contributed by atoms with Crippen molar-refractivity contribution < 1.29 is 0 Å². The van der Waals surface area contributed by atoms with Gasteiger partial charge in [0.15, 0.2) is 0 Å². The third kappa shape index (κ3) is 1.67. The van der Waals surface area contributed by atoms with Gasteiger partial charge in [0.1, 0.15) is 6.07 Å². The minimum atomic E-state index is 0.888. The number of thiophene rings is 1. The van der Waals surface area contributed by atoms with Crippen LogP contribution in [-0.4, -0.2) is 0 Å². The molecule has 0 spiro atoms. The van der Waals surface area contributed by atoms with Crippen molar-refractivity contribution in [3.63, 3.8) is 0 Å². The minimum absolute atomic E-state index is 0.888.